The summed E-state index contributed by atoms with van der Waals surface area (Å²) in [6.45, 7) is 14.0. The van der Waals surface area contributed by atoms with Crippen LogP contribution in [-0.4, -0.2) is 23.5 Å². The van der Waals surface area contributed by atoms with Gasteiger partial charge in [-0.1, -0.05) is 34.6 Å². The van der Waals surface area contributed by atoms with Gasteiger partial charge in [0.25, 0.3) is 0 Å². The Morgan fingerprint density at radius 1 is 0.846 bits per heavy atom. The average Bonchev–Trinajstić information content (AvgIpc) is 2.19. The first-order valence-electron chi connectivity index (χ1n) is 5.95. The van der Waals surface area contributed by atoms with Crippen LogP contribution < -0.4 is 0 Å². The van der Waals surface area contributed by atoms with Crippen LogP contribution in [0.5, 0.6) is 0 Å². The van der Waals surface area contributed by atoms with Crippen LogP contribution in [0.1, 0.15) is 60.3 Å². The summed E-state index contributed by atoms with van der Waals surface area (Å²) in [4.78, 5) is 2.66. The minimum Gasteiger partial charge on any atom is -0.298 e. The van der Waals surface area contributed by atoms with Crippen molar-refractivity contribution < 1.29 is 0 Å². The molecule has 13 heavy (non-hydrogen) atoms. The van der Waals surface area contributed by atoms with Gasteiger partial charge >= 0.3 is 0 Å². The molecule has 0 aliphatic carbocycles. The molecule has 1 heteroatoms. The second-order valence-electron chi connectivity index (χ2n) is 3.86. The van der Waals surface area contributed by atoms with Gasteiger partial charge < -0.3 is 0 Å². The molecular formula is C12H27N. The summed E-state index contributed by atoms with van der Waals surface area (Å²) >= 11 is 0. The maximum atomic E-state index is 2.66. The molecule has 0 fully saturated rings. The van der Waals surface area contributed by atoms with Gasteiger partial charge in [-0.3, -0.25) is 4.90 Å². The highest BCUT2D eigenvalue weighted by molar-refractivity contribution is 4.86. The van der Waals surface area contributed by atoms with Crippen molar-refractivity contribution in [3.05, 3.63) is 0 Å². The van der Waals surface area contributed by atoms with E-state index in [1.54, 1.807) is 0 Å². The minimum absolute atomic E-state index is 0.477. The Hall–Kier alpha value is -0.0400. The number of nitrogens with zero attached hydrogens (tertiary/aromatic N) is 1. The van der Waals surface area contributed by atoms with E-state index in [-0.39, 0.29) is 0 Å². The topological polar surface area (TPSA) is 3.24 Å². The molecule has 0 atom stereocenters. The maximum Gasteiger partial charge on any atom is 0.0201 e. The van der Waals surface area contributed by atoms with Gasteiger partial charge in [0.1, 0.15) is 0 Å². The van der Waals surface area contributed by atoms with E-state index in [1.165, 1.54) is 38.8 Å². The van der Waals surface area contributed by atoms with Gasteiger partial charge in [-0.05, 0) is 38.8 Å². The quantitative estimate of drug-likeness (QED) is 0.585. The summed E-state index contributed by atoms with van der Waals surface area (Å²) in [6.07, 6.45) is 5.13. The van der Waals surface area contributed by atoms with Crippen molar-refractivity contribution in [1.29, 1.82) is 0 Å². The lowest BCUT2D eigenvalue weighted by molar-refractivity contribution is 0.0792. The van der Waals surface area contributed by atoms with E-state index in [1.807, 2.05) is 0 Å². The lowest BCUT2D eigenvalue weighted by atomic mass is 9.87. The van der Waals surface area contributed by atoms with Gasteiger partial charge in [-0.2, -0.15) is 0 Å². The van der Waals surface area contributed by atoms with Crippen molar-refractivity contribution in [3.8, 4) is 0 Å². The van der Waals surface area contributed by atoms with E-state index < -0.39 is 0 Å². The molecule has 0 aromatic heterocycles. The zero-order chi connectivity index (χ0) is 10.3. The van der Waals surface area contributed by atoms with Crippen LogP contribution in [0.3, 0.4) is 0 Å². The molecule has 0 aliphatic rings. The van der Waals surface area contributed by atoms with Crippen LogP contribution in [0.2, 0.25) is 0 Å². The summed E-state index contributed by atoms with van der Waals surface area (Å²) in [5.74, 6) is 0. The standard InChI is InChI=1S/C12H27N/c1-6-11-13(10-5)12(7-2,8-3)9-4/h6-11H2,1-5H3. The Morgan fingerprint density at radius 2 is 1.31 bits per heavy atom. The molecule has 80 valence electrons. The van der Waals surface area contributed by atoms with E-state index in [0.29, 0.717) is 5.54 Å². The molecule has 0 aromatic carbocycles. The monoisotopic (exact) mass is 185 g/mol. The van der Waals surface area contributed by atoms with Crippen LogP contribution in [0.15, 0.2) is 0 Å². The largest absolute Gasteiger partial charge is 0.298 e. The van der Waals surface area contributed by atoms with E-state index >= 15 is 0 Å². The molecule has 0 spiro atoms. The third-order valence-electron chi connectivity index (χ3n) is 3.52. The van der Waals surface area contributed by atoms with Crippen molar-refractivity contribution in [2.45, 2.75) is 65.8 Å². The maximum absolute atomic E-state index is 2.66. The molecule has 1 nitrogen and oxygen atoms in total. The second-order valence-corrected chi connectivity index (χ2v) is 3.86. The third-order valence-corrected chi connectivity index (χ3v) is 3.52. The molecule has 0 saturated carbocycles. The van der Waals surface area contributed by atoms with Gasteiger partial charge in [-0.25, -0.2) is 0 Å². The zero-order valence-electron chi connectivity index (χ0n) is 10.2. The van der Waals surface area contributed by atoms with Crippen molar-refractivity contribution in [2.75, 3.05) is 13.1 Å². The van der Waals surface area contributed by atoms with Crippen LogP contribution in [0.25, 0.3) is 0 Å². The van der Waals surface area contributed by atoms with Crippen LogP contribution in [0.4, 0.5) is 0 Å². The third kappa shape index (κ3) is 2.98. The van der Waals surface area contributed by atoms with Crippen LogP contribution in [0, 0.1) is 0 Å². The summed E-state index contributed by atoms with van der Waals surface area (Å²) < 4.78 is 0. The normalized spacial score (nSPS) is 12.5. The molecule has 0 unspecified atom stereocenters. The van der Waals surface area contributed by atoms with Crippen molar-refractivity contribution in [3.63, 3.8) is 0 Å². The predicted octanol–water partition coefficient (Wildman–Crippen LogP) is 3.69. The fourth-order valence-corrected chi connectivity index (χ4v) is 2.42. The van der Waals surface area contributed by atoms with Gasteiger partial charge in [0.2, 0.25) is 0 Å². The van der Waals surface area contributed by atoms with Crippen molar-refractivity contribution >= 4 is 0 Å². The molecule has 0 aliphatic heterocycles. The van der Waals surface area contributed by atoms with E-state index in [9.17, 15) is 0 Å². The molecular weight excluding hydrogens is 158 g/mol. The predicted molar refractivity (Wildman–Crippen MR) is 61.1 cm³/mol. The van der Waals surface area contributed by atoms with Crippen molar-refractivity contribution in [2.24, 2.45) is 0 Å². The first-order valence-corrected chi connectivity index (χ1v) is 5.95. The molecule has 0 rings (SSSR count). The summed E-state index contributed by atoms with van der Waals surface area (Å²) in [5, 5.41) is 0. The van der Waals surface area contributed by atoms with E-state index in [0.717, 1.165) is 0 Å². The SMILES string of the molecule is CCCN(CC)C(CC)(CC)CC. The Morgan fingerprint density at radius 3 is 1.54 bits per heavy atom. The Balaban J connectivity index is 4.45. The molecule has 0 aromatic rings. The summed E-state index contributed by atoms with van der Waals surface area (Å²) in [7, 11) is 0. The Bertz CT molecular complexity index is 108. The molecule has 0 N–H and O–H groups in total. The average molecular weight is 185 g/mol. The zero-order valence-corrected chi connectivity index (χ0v) is 10.2. The Labute approximate surface area is 84.5 Å². The Kier molecular flexibility index (Phi) is 6.40. The number of rotatable bonds is 7. The first-order chi connectivity index (χ1) is 6.20. The van der Waals surface area contributed by atoms with Gasteiger partial charge in [0.05, 0.1) is 0 Å². The lowest BCUT2D eigenvalue weighted by Gasteiger charge is -2.42. The smallest absolute Gasteiger partial charge is 0.0201 e. The van der Waals surface area contributed by atoms with E-state index in [2.05, 4.69) is 39.5 Å². The van der Waals surface area contributed by atoms with Gasteiger partial charge in [0, 0.05) is 5.54 Å². The summed E-state index contributed by atoms with van der Waals surface area (Å²) in [5.41, 5.74) is 0.477. The van der Waals surface area contributed by atoms with Gasteiger partial charge in [-0.15, -0.1) is 0 Å². The molecule has 0 saturated heterocycles. The fraction of sp³-hybridized carbons (Fsp3) is 1.00. The number of hydrogen-bond donors (Lipinski definition) is 0. The van der Waals surface area contributed by atoms with Crippen LogP contribution >= 0.6 is 0 Å². The second kappa shape index (κ2) is 6.42. The molecule has 0 heterocycles. The van der Waals surface area contributed by atoms with E-state index in [4.69, 9.17) is 0 Å². The fourth-order valence-electron chi connectivity index (χ4n) is 2.42. The lowest BCUT2D eigenvalue weighted by Crippen LogP contribution is -2.47. The highest BCUT2D eigenvalue weighted by Crippen LogP contribution is 2.27. The molecule has 0 amide bonds. The molecule has 0 radical (unpaired) electrons. The number of hydrogen-bond acceptors (Lipinski definition) is 1. The highest BCUT2D eigenvalue weighted by Gasteiger charge is 2.29. The first kappa shape index (κ1) is 13.0. The highest BCUT2D eigenvalue weighted by atomic mass is 15.2. The molecule has 0 bridgehead atoms. The minimum atomic E-state index is 0.477. The van der Waals surface area contributed by atoms with Crippen molar-refractivity contribution in [1.82, 2.24) is 4.90 Å². The van der Waals surface area contributed by atoms with Gasteiger partial charge in [0.15, 0.2) is 0 Å². The summed E-state index contributed by atoms with van der Waals surface area (Å²) in [6, 6.07) is 0. The van der Waals surface area contributed by atoms with Crippen LogP contribution in [-0.2, 0) is 0 Å².